The number of carbonyl (C=O) groups is 1. The number of nitriles is 1. The van der Waals surface area contributed by atoms with E-state index in [4.69, 9.17) is 15.4 Å². The number of hydrogen-bond donors (Lipinski definition) is 1. The van der Waals surface area contributed by atoms with Gasteiger partial charge in [-0.3, -0.25) is 14.6 Å². The van der Waals surface area contributed by atoms with Gasteiger partial charge in [-0.15, -0.1) is 0 Å². The monoisotopic (exact) mass is 470 g/mol. The highest BCUT2D eigenvalue weighted by atomic mass is 16.2. The van der Waals surface area contributed by atoms with Crippen LogP contribution in [0.25, 0.3) is 33.2 Å². The smallest absolute Gasteiger partial charge is 0.251 e. The van der Waals surface area contributed by atoms with Gasteiger partial charge in [0, 0.05) is 62.1 Å². The lowest BCUT2D eigenvalue weighted by atomic mass is 10.0. The van der Waals surface area contributed by atoms with Gasteiger partial charge in [-0.2, -0.15) is 5.26 Å². The molecule has 1 amide bonds. The van der Waals surface area contributed by atoms with Gasteiger partial charge in [-0.25, -0.2) is 9.97 Å². The number of hydrogen-bond acceptors (Lipinski definition) is 7. The molecule has 4 aromatic heterocycles. The molecule has 0 unspecified atom stereocenters. The average Bonchev–Trinajstić information content (AvgIpc) is 2.93. The van der Waals surface area contributed by atoms with Crippen LogP contribution in [0.15, 0.2) is 53.6 Å². The predicted octanol–water partition coefficient (Wildman–Crippen LogP) is 3.06. The molecule has 0 aromatic carbocycles. The van der Waals surface area contributed by atoms with Crippen LogP contribution in [0, 0.1) is 11.3 Å². The van der Waals surface area contributed by atoms with E-state index in [-0.39, 0.29) is 17.5 Å². The van der Waals surface area contributed by atoms with Crippen molar-refractivity contribution in [3.63, 3.8) is 0 Å². The number of amides is 1. The topological polar surface area (TPSA) is 125 Å². The van der Waals surface area contributed by atoms with E-state index in [1.807, 2.05) is 40.7 Å². The zero-order chi connectivity index (χ0) is 24.9. The van der Waals surface area contributed by atoms with Gasteiger partial charge >= 0.3 is 0 Å². The minimum atomic E-state index is -0.0810. The van der Waals surface area contributed by atoms with E-state index in [2.05, 4.69) is 9.97 Å². The molecule has 1 saturated heterocycles. The molecule has 0 spiro atoms. The Morgan fingerprint density at radius 3 is 2.51 bits per heavy atom. The van der Waals surface area contributed by atoms with E-state index in [1.165, 1.54) is 0 Å². The standard InChI is InChI=1S/C25H22N6O2.CH4O/c1-2-22(32)30-11-9-19(10-12-30)31-23(33)8-4-17-15-28-21-7-6-20(29-24(21)25(17)31)16-3-5-18(13-26)27-14-16;1-2/h3-8,14-15,19H,2,9-12H2,1H3;2H,1H3. The molecule has 0 aliphatic carbocycles. The fraction of sp³-hybridized carbons (Fsp3) is 0.308. The molecular formula is C26H26N6O3. The number of aliphatic hydroxyl groups excluding tert-OH is 1. The van der Waals surface area contributed by atoms with Crippen LogP contribution in [-0.4, -0.2) is 55.6 Å². The Morgan fingerprint density at radius 1 is 1.09 bits per heavy atom. The molecule has 0 bridgehead atoms. The summed E-state index contributed by atoms with van der Waals surface area (Å²) >= 11 is 0. The van der Waals surface area contributed by atoms with Crippen LogP contribution in [0.1, 0.15) is 37.9 Å². The molecule has 1 aliphatic rings. The zero-order valence-electron chi connectivity index (χ0n) is 19.7. The second kappa shape index (κ2) is 10.4. The normalized spacial score (nSPS) is 13.8. The molecular weight excluding hydrogens is 444 g/mol. The summed E-state index contributed by atoms with van der Waals surface area (Å²) in [6.07, 6.45) is 5.32. The van der Waals surface area contributed by atoms with Crippen molar-refractivity contribution in [2.45, 2.75) is 32.2 Å². The lowest BCUT2D eigenvalue weighted by Crippen LogP contribution is -2.40. The third-order valence-corrected chi connectivity index (χ3v) is 6.26. The van der Waals surface area contributed by atoms with Crippen LogP contribution in [-0.2, 0) is 4.79 Å². The van der Waals surface area contributed by atoms with Crippen molar-refractivity contribution in [2.75, 3.05) is 20.2 Å². The second-order valence-electron chi connectivity index (χ2n) is 8.18. The summed E-state index contributed by atoms with van der Waals surface area (Å²) in [7, 11) is 1.00. The Kier molecular flexibility index (Phi) is 7.13. The van der Waals surface area contributed by atoms with Gasteiger partial charge in [0.2, 0.25) is 5.91 Å². The predicted molar refractivity (Wildman–Crippen MR) is 133 cm³/mol. The summed E-state index contributed by atoms with van der Waals surface area (Å²) in [5.74, 6) is 0.149. The highest BCUT2D eigenvalue weighted by molar-refractivity contribution is 6.01. The van der Waals surface area contributed by atoms with Gasteiger partial charge in [0.1, 0.15) is 17.3 Å². The minimum absolute atomic E-state index is 0.0188. The molecule has 1 fully saturated rings. The second-order valence-corrected chi connectivity index (χ2v) is 8.18. The fourth-order valence-electron chi connectivity index (χ4n) is 4.53. The van der Waals surface area contributed by atoms with Crippen LogP contribution in [0.2, 0.25) is 0 Å². The third kappa shape index (κ3) is 4.61. The lowest BCUT2D eigenvalue weighted by Gasteiger charge is -2.33. The molecule has 35 heavy (non-hydrogen) atoms. The third-order valence-electron chi connectivity index (χ3n) is 6.26. The summed E-state index contributed by atoms with van der Waals surface area (Å²) in [5.41, 5.74) is 3.85. The van der Waals surface area contributed by atoms with Crippen molar-refractivity contribution in [3.8, 4) is 17.3 Å². The van der Waals surface area contributed by atoms with Crippen LogP contribution in [0.4, 0.5) is 0 Å². The Hall–Kier alpha value is -4.16. The quantitative estimate of drug-likeness (QED) is 0.456. The maximum absolute atomic E-state index is 13.1. The molecule has 0 atom stereocenters. The van der Waals surface area contributed by atoms with Crippen molar-refractivity contribution >= 4 is 27.8 Å². The van der Waals surface area contributed by atoms with E-state index >= 15 is 0 Å². The summed E-state index contributed by atoms with van der Waals surface area (Å²) < 4.78 is 1.83. The summed E-state index contributed by atoms with van der Waals surface area (Å²) in [6.45, 7) is 3.15. The van der Waals surface area contributed by atoms with Crippen LogP contribution < -0.4 is 5.56 Å². The highest BCUT2D eigenvalue weighted by Gasteiger charge is 2.25. The number of likely N-dealkylation sites (tertiary alicyclic amines) is 1. The maximum Gasteiger partial charge on any atom is 0.251 e. The first-order valence-corrected chi connectivity index (χ1v) is 11.5. The maximum atomic E-state index is 13.1. The number of piperidine rings is 1. The Labute approximate surface area is 202 Å². The summed E-state index contributed by atoms with van der Waals surface area (Å²) in [5, 5.41) is 16.9. The number of pyridine rings is 4. The van der Waals surface area contributed by atoms with Gasteiger partial charge in [0.25, 0.3) is 5.56 Å². The molecule has 5 heterocycles. The molecule has 5 rings (SSSR count). The number of aliphatic hydroxyl groups is 1. The highest BCUT2D eigenvalue weighted by Crippen LogP contribution is 2.30. The van der Waals surface area contributed by atoms with E-state index in [0.717, 1.165) is 23.6 Å². The number of nitrogens with zero attached hydrogens (tertiary/aromatic N) is 6. The molecule has 1 aliphatic heterocycles. The minimum Gasteiger partial charge on any atom is -0.400 e. The van der Waals surface area contributed by atoms with Gasteiger partial charge < -0.3 is 14.6 Å². The molecule has 9 heteroatoms. The number of rotatable bonds is 3. The van der Waals surface area contributed by atoms with Crippen molar-refractivity contribution in [3.05, 3.63) is 64.8 Å². The van der Waals surface area contributed by atoms with E-state index in [0.29, 0.717) is 54.8 Å². The first-order chi connectivity index (χ1) is 17.1. The van der Waals surface area contributed by atoms with Crippen LogP contribution in [0.5, 0.6) is 0 Å². The van der Waals surface area contributed by atoms with Crippen molar-refractivity contribution in [1.29, 1.82) is 5.26 Å². The van der Waals surface area contributed by atoms with Crippen LogP contribution in [0.3, 0.4) is 0 Å². The lowest BCUT2D eigenvalue weighted by molar-refractivity contribution is -0.132. The molecule has 4 aromatic rings. The van der Waals surface area contributed by atoms with Gasteiger partial charge in [-0.05, 0) is 43.2 Å². The average molecular weight is 471 g/mol. The van der Waals surface area contributed by atoms with E-state index in [1.54, 1.807) is 30.6 Å². The molecule has 9 nitrogen and oxygen atoms in total. The fourth-order valence-corrected chi connectivity index (χ4v) is 4.53. The first kappa shape index (κ1) is 24.0. The molecule has 178 valence electrons. The Balaban J connectivity index is 0.00000141. The Morgan fingerprint density at radius 2 is 1.86 bits per heavy atom. The summed E-state index contributed by atoms with van der Waals surface area (Å²) in [6, 6.07) is 12.6. The first-order valence-electron chi connectivity index (χ1n) is 11.5. The van der Waals surface area contributed by atoms with E-state index in [9.17, 15) is 9.59 Å². The number of fused-ring (bicyclic) bond motifs is 3. The summed E-state index contributed by atoms with van der Waals surface area (Å²) in [4.78, 5) is 40.6. The van der Waals surface area contributed by atoms with Gasteiger partial charge in [0.15, 0.2) is 0 Å². The van der Waals surface area contributed by atoms with Crippen molar-refractivity contribution in [1.82, 2.24) is 24.4 Å². The number of aromatic nitrogens is 4. The Bertz CT molecular complexity index is 1470. The molecule has 0 radical (unpaired) electrons. The van der Waals surface area contributed by atoms with E-state index < -0.39 is 0 Å². The molecule has 1 N–H and O–H groups in total. The van der Waals surface area contributed by atoms with Gasteiger partial charge in [-0.1, -0.05) is 6.92 Å². The number of carbonyl (C=O) groups excluding carboxylic acids is 1. The SMILES string of the molecule is CCC(=O)N1CCC(n2c(=O)ccc3cnc4ccc(-c5ccc(C#N)nc5)nc4c32)CC1.CO. The van der Waals surface area contributed by atoms with Crippen molar-refractivity contribution in [2.24, 2.45) is 0 Å². The molecule has 0 saturated carbocycles. The zero-order valence-corrected chi connectivity index (χ0v) is 19.7. The van der Waals surface area contributed by atoms with Crippen molar-refractivity contribution < 1.29 is 9.90 Å². The largest absolute Gasteiger partial charge is 0.400 e. The van der Waals surface area contributed by atoms with Crippen LogP contribution >= 0.6 is 0 Å². The van der Waals surface area contributed by atoms with Gasteiger partial charge in [0.05, 0.1) is 16.7 Å².